The first kappa shape index (κ1) is 17.2. The molecule has 0 saturated heterocycles. The van der Waals surface area contributed by atoms with Gasteiger partial charge in [0.05, 0.1) is 30.5 Å². The Morgan fingerprint density at radius 3 is 2.76 bits per heavy atom. The van der Waals surface area contributed by atoms with Gasteiger partial charge in [-0.2, -0.15) is 0 Å². The van der Waals surface area contributed by atoms with E-state index in [1.165, 1.54) is 18.4 Å². The summed E-state index contributed by atoms with van der Waals surface area (Å²) in [5, 5.41) is 10.4. The lowest BCUT2D eigenvalue weighted by molar-refractivity contribution is -0.115. The number of hydrogen-bond donors (Lipinski definition) is 1. The van der Waals surface area contributed by atoms with Gasteiger partial charge in [0.25, 0.3) is 5.89 Å². The van der Waals surface area contributed by atoms with Crippen LogP contribution < -0.4 is 14.8 Å². The summed E-state index contributed by atoms with van der Waals surface area (Å²) in [5.74, 6) is 1.11. The van der Waals surface area contributed by atoms with Crippen molar-refractivity contribution in [2.24, 2.45) is 0 Å². The Kier molecular flexibility index (Phi) is 5.20. The van der Waals surface area contributed by atoms with Gasteiger partial charge < -0.3 is 13.9 Å². The number of nitrogens with one attached hydrogen (secondary N) is 1. The number of carbonyl (C=O) groups excluding carboxylic acids is 1. The summed E-state index contributed by atoms with van der Waals surface area (Å²) in [5.41, 5.74) is 0.569. The highest BCUT2D eigenvalue weighted by Gasteiger charge is 2.16. The van der Waals surface area contributed by atoms with Crippen molar-refractivity contribution in [1.82, 2.24) is 10.2 Å². The van der Waals surface area contributed by atoms with Crippen LogP contribution in [-0.4, -0.2) is 30.3 Å². The molecule has 0 unspecified atom stereocenters. The number of aromatic nitrogens is 2. The van der Waals surface area contributed by atoms with Crippen LogP contribution in [0.25, 0.3) is 11.5 Å². The Labute approximate surface area is 152 Å². The third kappa shape index (κ3) is 4.09. The molecule has 0 atom stereocenters. The number of rotatable bonds is 6. The van der Waals surface area contributed by atoms with E-state index in [1.807, 2.05) is 0 Å². The molecule has 2 heterocycles. The molecule has 3 aromatic rings. The van der Waals surface area contributed by atoms with Crippen molar-refractivity contribution < 1.29 is 18.7 Å². The lowest BCUT2D eigenvalue weighted by atomic mass is 10.2. The van der Waals surface area contributed by atoms with E-state index >= 15 is 0 Å². The van der Waals surface area contributed by atoms with Crippen LogP contribution in [0.2, 0.25) is 4.34 Å². The van der Waals surface area contributed by atoms with Crippen LogP contribution in [-0.2, 0) is 11.2 Å². The Morgan fingerprint density at radius 2 is 2.08 bits per heavy atom. The normalized spacial score (nSPS) is 10.5. The molecule has 25 heavy (non-hydrogen) atoms. The second-order valence-corrected chi connectivity index (χ2v) is 6.71. The molecule has 1 aromatic carbocycles. The molecule has 2 aromatic heterocycles. The van der Waals surface area contributed by atoms with Gasteiger partial charge in [-0.15, -0.1) is 16.4 Å². The van der Waals surface area contributed by atoms with Gasteiger partial charge in [0.1, 0.15) is 11.5 Å². The zero-order valence-corrected chi connectivity index (χ0v) is 15.0. The molecule has 7 nitrogen and oxygen atoms in total. The molecule has 9 heteroatoms. The number of amides is 1. The Bertz CT molecular complexity index is 893. The smallest absolute Gasteiger partial charge is 0.322 e. The largest absolute Gasteiger partial charge is 0.497 e. The molecule has 1 amide bonds. The first-order valence-electron chi connectivity index (χ1n) is 7.19. The number of ether oxygens (including phenoxy) is 2. The zero-order valence-electron chi connectivity index (χ0n) is 13.4. The molecule has 3 rings (SSSR count). The monoisotopic (exact) mass is 379 g/mol. The van der Waals surface area contributed by atoms with E-state index in [2.05, 4.69) is 15.5 Å². The molecule has 0 aliphatic carbocycles. The Hall–Kier alpha value is -2.58. The fourth-order valence-electron chi connectivity index (χ4n) is 2.13. The number of nitrogens with zero attached hydrogens (tertiary/aromatic N) is 2. The van der Waals surface area contributed by atoms with E-state index < -0.39 is 0 Å². The second kappa shape index (κ2) is 7.54. The minimum Gasteiger partial charge on any atom is -0.497 e. The Balaban J connectivity index is 1.75. The maximum Gasteiger partial charge on any atom is 0.322 e. The minimum atomic E-state index is -0.272. The fourth-order valence-corrected chi connectivity index (χ4v) is 3.22. The maximum absolute atomic E-state index is 12.0. The van der Waals surface area contributed by atoms with Crippen molar-refractivity contribution in [2.75, 3.05) is 19.5 Å². The van der Waals surface area contributed by atoms with Gasteiger partial charge in [-0.3, -0.25) is 10.1 Å². The quantitative estimate of drug-likeness (QED) is 0.703. The molecule has 0 radical (unpaired) electrons. The summed E-state index contributed by atoms with van der Waals surface area (Å²) in [6.45, 7) is 0. The van der Waals surface area contributed by atoms with E-state index in [0.717, 1.165) is 4.88 Å². The van der Waals surface area contributed by atoms with Gasteiger partial charge in [0, 0.05) is 4.88 Å². The van der Waals surface area contributed by atoms with E-state index in [9.17, 15) is 4.79 Å². The summed E-state index contributed by atoms with van der Waals surface area (Å²) in [6, 6.07) is 8.75. The molecule has 1 N–H and O–H groups in total. The van der Waals surface area contributed by atoms with Crippen LogP contribution >= 0.6 is 22.9 Å². The summed E-state index contributed by atoms with van der Waals surface area (Å²) in [6.07, 6.45) is 0.178. The van der Waals surface area contributed by atoms with Crippen molar-refractivity contribution in [3.8, 4) is 23.0 Å². The van der Waals surface area contributed by atoms with E-state index in [-0.39, 0.29) is 24.2 Å². The van der Waals surface area contributed by atoms with Crippen molar-refractivity contribution in [3.05, 3.63) is 39.5 Å². The number of thiophene rings is 1. The van der Waals surface area contributed by atoms with Gasteiger partial charge in [-0.1, -0.05) is 16.7 Å². The van der Waals surface area contributed by atoms with Gasteiger partial charge in [0.15, 0.2) is 0 Å². The third-order valence-corrected chi connectivity index (χ3v) is 4.50. The third-order valence-electron chi connectivity index (χ3n) is 3.27. The number of hydrogen-bond acceptors (Lipinski definition) is 7. The van der Waals surface area contributed by atoms with Crippen LogP contribution in [0, 0.1) is 0 Å². The predicted molar refractivity (Wildman–Crippen MR) is 94.5 cm³/mol. The lowest BCUT2D eigenvalue weighted by Gasteiger charge is -2.07. The zero-order chi connectivity index (χ0) is 17.8. The van der Waals surface area contributed by atoms with Gasteiger partial charge >= 0.3 is 6.01 Å². The van der Waals surface area contributed by atoms with Crippen LogP contribution in [0.1, 0.15) is 4.88 Å². The van der Waals surface area contributed by atoms with Gasteiger partial charge in [-0.05, 0) is 30.3 Å². The van der Waals surface area contributed by atoms with Gasteiger partial charge in [0.2, 0.25) is 5.91 Å². The summed E-state index contributed by atoms with van der Waals surface area (Å²) >= 11 is 7.20. The first-order valence-corrected chi connectivity index (χ1v) is 8.38. The van der Waals surface area contributed by atoms with Crippen LogP contribution in [0.3, 0.4) is 0 Å². The van der Waals surface area contributed by atoms with Crippen molar-refractivity contribution in [1.29, 1.82) is 0 Å². The predicted octanol–water partition coefficient (Wildman–Crippen LogP) is 3.65. The van der Waals surface area contributed by atoms with E-state index in [1.54, 1.807) is 37.4 Å². The molecule has 130 valence electrons. The molecule has 0 bridgehead atoms. The molecule has 0 spiro atoms. The molecule has 0 fully saturated rings. The summed E-state index contributed by atoms with van der Waals surface area (Å²) < 4.78 is 16.6. The lowest BCUT2D eigenvalue weighted by Crippen LogP contribution is -2.13. The van der Waals surface area contributed by atoms with Crippen LogP contribution in [0.5, 0.6) is 11.5 Å². The van der Waals surface area contributed by atoms with Crippen molar-refractivity contribution >= 4 is 34.9 Å². The highest BCUT2D eigenvalue weighted by atomic mass is 35.5. The van der Waals surface area contributed by atoms with Crippen molar-refractivity contribution in [3.63, 3.8) is 0 Å². The highest BCUT2D eigenvalue weighted by molar-refractivity contribution is 7.16. The fraction of sp³-hybridized carbons (Fsp3) is 0.188. The number of anilines is 1. The molecule has 0 saturated carbocycles. The van der Waals surface area contributed by atoms with Crippen molar-refractivity contribution in [2.45, 2.75) is 6.42 Å². The van der Waals surface area contributed by atoms with Gasteiger partial charge in [-0.25, -0.2) is 0 Å². The number of benzene rings is 1. The number of carbonyl (C=O) groups is 1. The molecule has 0 aliphatic heterocycles. The topological polar surface area (TPSA) is 86.5 Å². The second-order valence-electron chi connectivity index (χ2n) is 4.91. The standard InChI is InChI=1S/C16H14ClN3O4S/c1-22-9-3-5-12(23-2)11(7-9)15-19-20-16(24-15)18-14(21)8-10-4-6-13(17)25-10/h3-7H,8H2,1-2H3,(H,18,20,21). The average Bonchev–Trinajstić information content (AvgIpc) is 3.23. The molecular formula is C16H14ClN3O4S. The minimum absolute atomic E-state index is 0.00697. The molecular weight excluding hydrogens is 366 g/mol. The van der Waals surface area contributed by atoms with E-state index in [0.29, 0.717) is 21.4 Å². The Morgan fingerprint density at radius 1 is 1.24 bits per heavy atom. The molecule has 0 aliphatic rings. The summed E-state index contributed by atoms with van der Waals surface area (Å²) in [7, 11) is 3.10. The number of methoxy groups -OCH3 is 2. The number of halogens is 1. The van der Waals surface area contributed by atoms with E-state index in [4.69, 9.17) is 25.5 Å². The average molecular weight is 380 g/mol. The first-order chi connectivity index (χ1) is 12.1. The van der Waals surface area contributed by atoms with Crippen LogP contribution in [0.15, 0.2) is 34.7 Å². The SMILES string of the molecule is COc1ccc(OC)c(-c2nnc(NC(=O)Cc3ccc(Cl)s3)o2)c1. The van der Waals surface area contributed by atoms with Crippen LogP contribution in [0.4, 0.5) is 6.01 Å². The maximum atomic E-state index is 12.0. The summed E-state index contributed by atoms with van der Waals surface area (Å²) in [4.78, 5) is 12.9. The highest BCUT2D eigenvalue weighted by Crippen LogP contribution is 2.33.